The maximum Gasteiger partial charge on any atom is 0.151 e. The summed E-state index contributed by atoms with van der Waals surface area (Å²) in [6.07, 6.45) is 4.38. The van der Waals surface area contributed by atoms with E-state index in [1.807, 2.05) is 6.20 Å². The summed E-state index contributed by atoms with van der Waals surface area (Å²) >= 11 is 0. The topological polar surface area (TPSA) is 78.0 Å². The van der Waals surface area contributed by atoms with E-state index in [2.05, 4.69) is 9.55 Å². The van der Waals surface area contributed by atoms with Crippen molar-refractivity contribution in [3.05, 3.63) is 17.7 Å². The third-order valence-corrected chi connectivity index (χ3v) is 5.53. The van der Waals surface area contributed by atoms with E-state index in [9.17, 15) is 8.42 Å². The number of halogens is 1. The number of rotatable bonds is 1. The van der Waals surface area contributed by atoms with Crippen molar-refractivity contribution in [3.8, 4) is 0 Å². The predicted molar refractivity (Wildman–Crippen MR) is 71.8 cm³/mol. The van der Waals surface area contributed by atoms with Crippen LogP contribution in [0.1, 0.15) is 30.3 Å². The van der Waals surface area contributed by atoms with Gasteiger partial charge in [0.25, 0.3) is 0 Å². The first kappa shape index (κ1) is 13.8. The normalized spacial score (nSPS) is 29.6. The zero-order chi connectivity index (χ0) is 12.0. The molecule has 2 N–H and O–H groups in total. The SMILES string of the molecule is Cl.NC1CCn2c(cnc2C2CCS(=O)(=O)C2)C1. The first-order valence-corrected chi connectivity index (χ1v) is 7.87. The van der Waals surface area contributed by atoms with Crippen LogP contribution in [0.4, 0.5) is 0 Å². The Morgan fingerprint density at radius 1 is 1.39 bits per heavy atom. The lowest BCUT2D eigenvalue weighted by atomic mass is 10.0. The van der Waals surface area contributed by atoms with E-state index in [0.717, 1.165) is 30.9 Å². The molecule has 1 aromatic rings. The lowest BCUT2D eigenvalue weighted by Crippen LogP contribution is -2.31. The van der Waals surface area contributed by atoms with Gasteiger partial charge >= 0.3 is 0 Å². The van der Waals surface area contributed by atoms with Gasteiger partial charge in [-0.25, -0.2) is 13.4 Å². The lowest BCUT2D eigenvalue weighted by Gasteiger charge is -2.23. The van der Waals surface area contributed by atoms with Crippen LogP contribution in [0.2, 0.25) is 0 Å². The van der Waals surface area contributed by atoms with E-state index < -0.39 is 9.84 Å². The number of aromatic nitrogens is 2. The molecule has 0 aromatic carbocycles. The standard InChI is InChI=1S/C11H17N3O2S.ClH/c12-9-1-3-14-10(5-9)6-13-11(14)8-2-4-17(15,16)7-8;/h6,8-9H,1-5,7,12H2;1H. The van der Waals surface area contributed by atoms with Crippen LogP contribution < -0.4 is 5.73 Å². The molecule has 7 heteroatoms. The van der Waals surface area contributed by atoms with Crippen molar-refractivity contribution >= 4 is 22.2 Å². The van der Waals surface area contributed by atoms with Gasteiger partial charge in [-0.05, 0) is 12.8 Å². The Labute approximate surface area is 113 Å². The zero-order valence-electron chi connectivity index (χ0n) is 10.1. The smallest absolute Gasteiger partial charge is 0.151 e. The molecule has 0 aliphatic carbocycles. The Hall–Kier alpha value is -0.590. The summed E-state index contributed by atoms with van der Waals surface area (Å²) in [6.45, 7) is 0.877. The van der Waals surface area contributed by atoms with E-state index in [-0.39, 0.29) is 30.1 Å². The van der Waals surface area contributed by atoms with Gasteiger partial charge in [0.1, 0.15) is 5.82 Å². The van der Waals surface area contributed by atoms with Crippen molar-refractivity contribution in [3.63, 3.8) is 0 Å². The molecule has 0 amide bonds. The summed E-state index contributed by atoms with van der Waals surface area (Å²) in [4.78, 5) is 4.42. The average molecular weight is 292 g/mol. The molecule has 3 heterocycles. The van der Waals surface area contributed by atoms with Crippen molar-refractivity contribution in [1.29, 1.82) is 0 Å². The molecule has 1 aromatic heterocycles. The number of fused-ring (bicyclic) bond motifs is 1. The van der Waals surface area contributed by atoms with Crippen LogP contribution in [0.15, 0.2) is 6.20 Å². The van der Waals surface area contributed by atoms with Crippen LogP contribution in [0.5, 0.6) is 0 Å². The van der Waals surface area contributed by atoms with Crippen LogP contribution in [0, 0.1) is 0 Å². The molecule has 18 heavy (non-hydrogen) atoms. The summed E-state index contributed by atoms with van der Waals surface area (Å²) in [5.41, 5.74) is 7.07. The number of hydrogen-bond donors (Lipinski definition) is 1. The fraction of sp³-hybridized carbons (Fsp3) is 0.727. The highest BCUT2D eigenvalue weighted by Gasteiger charge is 2.33. The fourth-order valence-corrected chi connectivity index (χ4v) is 4.58. The molecule has 0 spiro atoms. The summed E-state index contributed by atoms with van der Waals surface area (Å²) < 4.78 is 25.2. The Balaban J connectivity index is 0.00000120. The molecular weight excluding hydrogens is 274 g/mol. The highest BCUT2D eigenvalue weighted by Crippen LogP contribution is 2.30. The Morgan fingerprint density at radius 2 is 2.17 bits per heavy atom. The van der Waals surface area contributed by atoms with E-state index >= 15 is 0 Å². The van der Waals surface area contributed by atoms with Crippen LogP contribution in [0.25, 0.3) is 0 Å². The van der Waals surface area contributed by atoms with E-state index in [0.29, 0.717) is 12.2 Å². The van der Waals surface area contributed by atoms with Crippen LogP contribution in [0.3, 0.4) is 0 Å². The molecule has 0 bridgehead atoms. The Kier molecular flexibility index (Phi) is 3.71. The molecule has 1 saturated heterocycles. The fourth-order valence-electron chi connectivity index (χ4n) is 2.84. The Morgan fingerprint density at radius 3 is 2.83 bits per heavy atom. The maximum atomic E-state index is 11.5. The summed E-state index contributed by atoms with van der Waals surface area (Å²) in [6, 6.07) is 0.222. The minimum Gasteiger partial charge on any atom is -0.332 e. The average Bonchev–Trinajstić information content (AvgIpc) is 2.80. The summed E-state index contributed by atoms with van der Waals surface area (Å²) in [5, 5.41) is 0. The number of nitrogens with two attached hydrogens (primary N) is 1. The number of hydrogen-bond acceptors (Lipinski definition) is 4. The van der Waals surface area contributed by atoms with Gasteiger partial charge in [0.2, 0.25) is 0 Å². The first-order chi connectivity index (χ1) is 8.05. The number of nitrogens with zero attached hydrogens (tertiary/aromatic N) is 2. The summed E-state index contributed by atoms with van der Waals surface area (Å²) in [7, 11) is -2.84. The first-order valence-electron chi connectivity index (χ1n) is 6.05. The highest BCUT2D eigenvalue weighted by atomic mass is 35.5. The molecule has 2 aliphatic heterocycles. The van der Waals surface area contributed by atoms with Crippen LogP contribution in [-0.2, 0) is 22.8 Å². The largest absolute Gasteiger partial charge is 0.332 e. The second kappa shape index (κ2) is 4.83. The monoisotopic (exact) mass is 291 g/mol. The molecule has 0 radical (unpaired) electrons. The maximum absolute atomic E-state index is 11.5. The van der Waals surface area contributed by atoms with Crippen molar-refractivity contribution in [2.75, 3.05) is 11.5 Å². The molecule has 2 unspecified atom stereocenters. The van der Waals surface area contributed by atoms with Crippen molar-refractivity contribution in [2.24, 2.45) is 5.73 Å². The Bertz CT molecular complexity index is 540. The molecule has 3 rings (SSSR count). The molecular formula is C11H18ClN3O2S. The predicted octanol–water partition coefficient (Wildman–Crippen LogP) is 0.480. The highest BCUT2D eigenvalue weighted by molar-refractivity contribution is 7.91. The molecule has 1 fully saturated rings. The van der Waals surface area contributed by atoms with Gasteiger partial charge in [0.15, 0.2) is 9.84 Å². The van der Waals surface area contributed by atoms with E-state index in [4.69, 9.17) is 5.73 Å². The van der Waals surface area contributed by atoms with Gasteiger partial charge in [0.05, 0.1) is 11.5 Å². The molecule has 102 valence electrons. The molecule has 2 aliphatic rings. The molecule has 5 nitrogen and oxygen atoms in total. The van der Waals surface area contributed by atoms with Gasteiger partial charge in [0, 0.05) is 36.8 Å². The van der Waals surface area contributed by atoms with E-state index in [1.54, 1.807) is 0 Å². The minimum absolute atomic E-state index is 0. The van der Waals surface area contributed by atoms with E-state index in [1.165, 1.54) is 0 Å². The van der Waals surface area contributed by atoms with Gasteiger partial charge in [-0.2, -0.15) is 0 Å². The number of sulfone groups is 1. The third-order valence-electron chi connectivity index (χ3n) is 3.76. The van der Waals surface area contributed by atoms with Gasteiger partial charge in [-0.1, -0.05) is 0 Å². The number of imidazole rings is 1. The second-order valence-electron chi connectivity index (χ2n) is 5.11. The minimum atomic E-state index is -2.84. The second-order valence-corrected chi connectivity index (χ2v) is 7.34. The summed E-state index contributed by atoms with van der Waals surface area (Å²) in [5.74, 6) is 1.60. The van der Waals surface area contributed by atoms with Crippen molar-refractivity contribution < 1.29 is 8.42 Å². The van der Waals surface area contributed by atoms with Crippen LogP contribution >= 0.6 is 12.4 Å². The quantitative estimate of drug-likeness (QED) is 0.816. The van der Waals surface area contributed by atoms with Crippen molar-refractivity contribution in [1.82, 2.24) is 9.55 Å². The zero-order valence-corrected chi connectivity index (χ0v) is 11.7. The van der Waals surface area contributed by atoms with Gasteiger partial charge in [-0.15, -0.1) is 12.4 Å². The van der Waals surface area contributed by atoms with Crippen molar-refractivity contribution in [2.45, 2.75) is 37.8 Å². The molecule has 0 saturated carbocycles. The van der Waals surface area contributed by atoms with Gasteiger partial charge < -0.3 is 10.3 Å². The lowest BCUT2D eigenvalue weighted by molar-refractivity contribution is 0.452. The third kappa shape index (κ3) is 2.41. The van der Waals surface area contributed by atoms with Crippen LogP contribution in [-0.4, -0.2) is 35.5 Å². The molecule has 2 atom stereocenters. The van der Waals surface area contributed by atoms with Gasteiger partial charge in [-0.3, -0.25) is 0 Å².